The summed E-state index contributed by atoms with van der Waals surface area (Å²) in [5.41, 5.74) is 0.858. The molecule has 192 valence electrons. The minimum Gasteiger partial charge on any atom is -0.351 e. The zero-order valence-electron chi connectivity index (χ0n) is 20.9. The van der Waals surface area contributed by atoms with Gasteiger partial charge in [-0.3, -0.25) is 24.3 Å². The zero-order valence-corrected chi connectivity index (χ0v) is 20.9. The number of hydrogen-bond acceptors (Lipinski definition) is 5. The third-order valence-corrected chi connectivity index (χ3v) is 8.21. The second kappa shape index (κ2) is 10.8. The number of fused-ring (bicyclic) bond motifs is 1. The number of rotatable bonds is 2. The van der Waals surface area contributed by atoms with Crippen molar-refractivity contribution in [3.05, 3.63) is 17.5 Å². The molecule has 4 amide bonds. The first-order chi connectivity index (χ1) is 16.8. The van der Waals surface area contributed by atoms with Gasteiger partial charge in [-0.1, -0.05) is 19.8 Å². The summed E-state index contributed by atoms with van der Waals surface area (Å²) >= 11 is 0. The van der Waals surface area contributed by atoms with Gasteiger partial charge >= 0.3 is 0 Å². The molecule has 0 aromatic carbocycles. The number of carbonyl (C=O) groups is 4. The third-order valence-electron chi connectivity index (χ3n) is 8.21. The van der Waals surface area contributed by atoms with Crippen molar-refractivity contribution in [3.8, 4) is 0 Å². The van der Waals surface area contributed by atoms with Crippen LogP contribution in [0, 0.1) is 11.3 Å². The molecule has 3 fully saturated rings. The summed E-state index contributed by atoms with van der Waals surface area (Å²) in [5.74, 6) is -0.00244. The van der Waals surface area contributed by atoms with Crippen molar-refractivity contribution in [2.45, 2.75) is 71.3 Å². The quantitative estimate of drug-likeness (QED) is 0.580. The van der Waals surface area contributed by atoms with E-state index in [-0.39, 0.29) is 42.1 Å². The van der Waals surface area contributed by atoms with Crippen LogP contribution in [0.4, 0.5) is 0 Å². The number of aryl methyl sites for hydroxylation is 1. The van der Waals surface area contributed by atoms with Crippen LogP contribution in [0.1, 0.15) is 74.8 Å². The van der Waals surface area contributed by atoms with Crippen molar-refractivity contribution in [1.82, 2.24) is 30.6 Å². The van der Waals surface area contributed by atoms with Crippen molar-refractivity contribution in [2.75, 3.05) is 32.7 Å². The number of likely N-dealkylation sites (tertiary alicyclic amines) is 2. The van der Waals surface area contributed by atoms with Gasteiger partial charge in [0, 0.05) is 44.8 Å². The molecule has 0 saturated carbocycles. The maximum Gasteiger partial charge on any atom is 0.257 e. The number of nitrogens with one attached hydrogen (secondary N) is 3. The second-order valence-corrected chi connectivity index (χ2v) is 10.3. The molecule has 0 unspecified atom stereocenters. The SMILES string of the molecule is CCc1[nH]ncc1C(=O)N1CCC2(CCCC[C@H]3CN(C(C)=O)CC[C@H]3NC(=O)CNC2=O)CC1. The highest BCUT2D eigenvalue weighted by molar-refractivity contribution is 5.95. The van der Waals surface area contributed by atoms with Gasteiger partial charge in [-0.05, 0) is 44.4 Å². The fourth-order valence-corrected chi connectivity index (χ4v) is 5.94. The number of aromatic nitrogens is 2. The first-order valence-electron chi connectivity index (χ1n) is 13.0. The topological polar surface area (TPSA) is 128 Å². The average molecular weight is 487 g/mol. The van der Waals surface area contributed by atoms with Gasteiger partial charge in [0.2, 0.25) is 17.7 Å². The summed E-state index contributed by atoms with van der Waals surface area (Å²) < 4.78 is 0. The average Bonchev–Trinajstić information content (AvgIpc) is 3.34. The minimum atomic E-state index is -0.572. The maximum atomic E-state index is 13.3. The van der Waals surface area contributed by atoms with Crippen molar-refractivity contribution in [3.63, 3.8) is 0 Å². The van der Waals surface area contributed by atoms with Crippen LogP contribution in [0.5, 0.6) is 0 Å². The molecule has 10 nitrogen and oxygen atoms in total. The lowest BCUT2D eigenvalue weighted by molar-refractivity contribution is -0.137. The van der Waals surface area contributed by atoms with Gasteiger partial charge in [0.1, 0.15) is 0 Å². The van der Waals surface area contributed by atoms with E-state index >= 15 is 0 Å². The number of carbonyl (C=O) groups excluding carboxylic acids is 4. The third kappa shape index (κ3) is 5.51. The molecule has 1 spiro atoms. The van der Waals surface area contributed by atoms with Crippen LogP contribution in [0.25, 0.3) is 0 Å². The van der Waals surface area contributed by atoms with Crippen LogP contribution in [0.2, 0.25) is 0 Å². The van der Waals surface area contributed by atoms with Crippen molar-refractivity contribution in [2.24, 2.45) is 11.3 Å². The Morgan fingerprint density at radius 1 is 1.09 bits per heavy atom. The Morgan fingerprint density at radius 3 is 2.57 bits per heavy atom. The van der Waals surface area contributed by atoms with Crippen LogP contribution in [-0.2, 0) is 20.8 Å². The molecule has 1 aromatic rings. The van der Waals surface area contributed by atoms with Crippen molar-refractivity contribution >= 4 is 23.6 Å². The van der Waals surface area contributed by atoms with Crippen LogP contribution in [0.15, 0.2) is 6.20 Å². The summed E-state index contributed by atoms with van der Waals surface area (Å²) in [5, 5.41) is 12.9. The molecule has 1 aromatic heterocycles. The predicted molar refractivity (Wildman–Crippen MR) is 129 cm³/mol. The summed E-state index contributed by atoms with van der Waals surface area (Å²) in [6.45, 7) is 5.87. The van der Waals surface area contributed by atoms with E-state index in [1.807, 2.05) is 16.7 Å². The Kier molecular flexibility index (Phi) is 7.76. The highest BCUT2D eigenvalue weighted by Crippen LogP contribution is 2.38. The van der Waals surface area contributed by atoms with Crippen LogP contribution in [0.3, 0.4) is 0 Å². The van der Waals surface area contributed by atoms with Crippen LogP contribution >= 0.6 is 0 Å². The van der Waals surface area contributed by atoms with E-state index in [4.69, 9.17) is 0 Å². The first-order valence-corrected chi connectivity index (χ1v) is 13.0. The Hall–Kier alpha value is -2.91. The summed E-state index contributed by atoms with van der Waals surface area (Å²) in [6.07, 6.45) is 7.68. The largest absolute Gasteiger partial charge is 0.351 e. The summed E-state index contributed by atoms with van der Waals surface area (Å²) in [6, 6.07) is 0.0357. The van der Waals surface area contributed by atoms with E-state index in [0.717, 1.165) is 37.8 Å². The Balaban J connectivity index is 1.41. The fourth-order valence-electron chi connectivity index (χ4n) is 5.94. The van der Waals surface area contributed by atoms with Crippen molar-refractivity contribution < 1.29 is 19.2 Å². The highest BCUT2D eigenvalue weighted by Gasteiger charge is 2.42. The van der Waals surface area contributed by atoms with Gasteiger partial charge in [0.15, 0.2) is 0 Å². The van der Waals surface area contributed by atoms with E-state index < -0.39 is 5.41 Å². The van der Waals surface area contributed by atoms with E-state index in [9.17, 15) is 19.2 Å². The summed E-state index contributed by atoms with van der Waals surface area (Å²) in [7, 11) is 0. The lowest BCUT2D eigenvalue weighted by atomic mass is 9.73. The molecule has 4 rings (SSSR count). The van der Waals surface area contributed by atoms with Gasteiger partial charge < -0.3 is 20.4 Å². The van der Waals surface area contributed by atoms with Crippen LogP contribution in [-0.4, -0.2) is 82.4 Å². The molecule has 10 heteroatoms. The molecule has 3 aliphatic rings. The molecule has 35 heavy (non-hydrogen) atoms. The van der Waals surface area contributed by atoms with E-state index in [1.54, 1.807) is 13.1 Å². The molecule has 3 N–H and O–H groups in total. The summed E-state index contributed by atoms with van der Waals surface area (Å²) in [4.78, 5) is 54.6. The molecule has 2 atom stereocenters. The number of piperidine rings is 2. The van der Waals surface area contributed by atoms with Gasteiger partial charge in [0.25, 0.3) is 5.91 Å². The van der Waals surface area contributed by atoms with E-state index in [1.165, 1.54) is 0 Å². The monoisotopic (exact) mass is 486 g/mol. The van der Waals surface area contributed by atoms with Gasteiger partial charge in [-0.15, -0.1) is 0 Å². The number of nitrogens with zero attached hydrogens (tertiary/aromatic N) is 3. The molecule has 3 aliphatic heterocycles. The van der Waals surface area contributed by atoms with Crippen LogP contribution < -0.4 is 10.6 Å². The first kappa shape index (κ1) is 25.2. The molecular weight excluding hydrogens is 448 g/mol. The molecular formula is C25H38N6O4. The lowest BCUT2D eigenvalue weighted by Gasteiger charge is -2.42. The lowest BCUT2D eigenvalue weighted by Crippen LogP contribution is -2.55. The second-order valence-electron chi connectivity index (χ2n) is 10.3. The highest BCUT2D eigenvalue weighted by atomic mass is 16.2. The fraction of sp³-hybridized carbons (Fsp3) is 0.720. The number of aromatic amines is 1. The van der Waals surface area contributed by atoms with E-state index in [2.05, 4.69) is 20.8 Å². The van der Waals surface area contributed by atoms with Gasteiger partial charge in [-0.25, -0.2) is 0 Å². The molecule has 4 heterocycles. The standard InChI is InChI=1S/C25H38N6O4/c1-3-20-19(14-27-29-20)23(34)30-12-9-25(10-13-30)8-5-4-6-18-16-31(17(2)32)11-7-21(18)28-22(33)15-26-24(25)35/h14,18,21H,3-13,15-16H2,1-2H3,(H,26,35)(H,27,29)(H,28,33)/t18-,21+/m0/s1. The maximum absolute atomic E-state index is 13.3. The Bertz CT molecular complexity index is 952. The molecule has 0 bridgehead atoms. The van der Waals surface area contributed by atoms with Gasteiger partial charge in [0.05, 0.1) is 23.7 Å². The molecule has 3 saturated heterocycles. The number of hydrogen-bond donors (Lipinski definition) is 3. The molecule has 0 aliphatic carbocycles. The minimum absolute atomic E-state index is 0.0357. The zero-order chi connectivity index (χ0) is 25.0. The van der Waals surface area contributed by atoms with Crippen molar-refractivity contribution in [1.29, 1.82) is 0 Å². The predicted octanol–water partition coefficient (Wildman–Crippen LogP) is 1.24. The Morgan fingerprint density at radius 2 is 1.86 bits per heavy atom. The van der Waals surface area contributed by atoms with E-state index in [0.29, 0.717) is 51.0 Å². The smallest absolute Gasteiger partial charge is 0.257 e. The Labute approximate surface area is 206 Å². The molecule has 0 radical (unpaired) electrons. The number of H-pyrrole nitrogens is 1. The van der Waals surface area contributed by atoms with Gasteiger partial charge in [-0.2, -0.15) is 5.10 Å². The number of amides is 4. The normalized spacial score (nSPS) is 25.7.